The second-order valence-electron chi connectivity index (χ2n) is 4.82. The quantitative estimate of drug-likeness (QED) is 0.473. The number of carbonyl (C=O) groups is 2. The Morgan fingerprint density at radius 2 is 1.72 bits per heavy atom. The zero-order valence-electron chi connectivity index (χ0n) is 13.0. The first kappa shape index (κ1) is 17.7. The van der Waals surface area contributed by atoms with Crippen molar-refractivity contribution in [3.8, 4) is 5.75 Å². The zero-order chi connectivity index (χ0) is 18.1. The minimum atomic E-state index is -0.550. The number of nitro benzene ring substituents is 1. The van der Waals surface area contributed by atoms with E-state index < -0.39 is 16.7 Å². The fourth-order valence-electron chi connectivity index (χ4n) is 1.75. The molecule has 8 heteroatoms. The zero-order valence-corrected chi connectivity index (χ0v) is 13.0. The van der Waals surface area contributed by atoms with Gasteiger partial charge in [0.25, 0.3) is 17.5 Å². The Bertz CT molecular complexity index is 773. The van der Waals surface area contributed by atoms with Crippen molar-refractivity contribution >= 4 is 23.6 Å². The molecule has 2 aromatic rings. The standard InChI is InChI=1S/C17H15N3O5/c21-16(11-8-13-6-9-14(10-7-13)20(23)24)18-19-17(22)12-25-15-4-2-1-3-5-15/h1-11H,12H2,(H,18,21)(H,19,22)/b11-8+. The molecule has 2 rings (SSSR count). The number of nitro groups is 1. The van der Waals surface area contributed by atoms with Crippen molar-refractivity contribution < 1.29 is 19.2 Å². The van der Waals surface area contributed by atoms with Crippen LogP contribution in [0.15, 0.2) is 60.7 Å². The molecule has 0 saturated carbocycles. The van der Waals surface area contributed by atoms with Crippen LogP contribution in [0.3, 0.4) is 0 Å². The van der Waals surface area contributed by atoms with Crippen molar-refractivity contribution in [2.45, 2.75) is 0 Å². The van der Waals surface area contributed by atoms with Gasteiger partial charge < -0.3 is 4.74 Å². The molecule has 25 heavy (non-hydrogen) atoms. The Hall–Kier alpha value is -3.68. The molecule has 0 aliphatic heterocycles. The van der Waals surface area contributed by atoms with Crippen molar-refractivity contribution in [1.29, 1.82) is 0 Å². The highest BCUT2D eigenvalue weighted by molar-refractivity contribution is 5.93. The molecule has 0 unspecified atom stereocenters. The minimum absolute atomic E-state index is 0.0349. The number of hydrogen-bond acceptors (Lipinski definition) is 5. The highest BCUT2D eigenvalue weighted by atomic mass is 16.6. The lowest BCUT2D eigenvalue weighted by atomic mass is 10.2. The number of amides is 2. The van der Waals surface area contributed by atoms with Gasteiger partial charge in [-0.1, -0.05) is 18.2 Å². The lowest BCUT2D eigenvalue weighted by Crippen LogP contribution is -2.43. The summed E-state index contributed by atoms with van der Waals surface area (Å²) < 4.78 is 5.22. The lowest BCUT2D eigenvalue weighted by Gasteiger charge is -2.07. The molecule has 0 heterocycles. The van der Waals surface area contributed by atoms with Gasteiger partial charge in [-0.2, -0.15) is 0 Å². The molecule has 0 fully saturated rings. The maximum Gasteiger partial charge on any atom is 0.276 e. The molecule has 8 nitrogen and oxygen atoms in total. The number of hydrogen-bond donors (Lipinski definition) is 2. The van der Waals surface area contributed by atoms with Crippen LogP contribution in [0.2, 0.25) is 0 Å². The summed E-state index contributed by atoms with van der Waals surface area (Å²) in [5.74, 6) is -0.519. The van der Waals surface area contributed by atoms with Crippen LogP contribution in [-0.2, 0) is 9.59 Å². The van der Waals surface area contributed by atoms with E-state index in [1.54, 1.807) is 24.3 Å². The normalized spacial score (nSPS) is 10.2. The lowest BCUT2D eigenvalue weighted by molar-refractivity contribution is -0.384. The monoisotopic (exact) mass is 341 g/mol. The maximum atomic E-state index is 11.6. The van der Waals surface area contributed by atoms with Crippen molar-refractivity contribution in [3.05, 3.63) is 76.4 Å². The van der Waals surface area contributed by atoms with E-state index in [9.17, 15) is 19.7 Å². The van der Waals surface area contributed by atoms with Gasteiger partial charge in [0.2, 0.25) is 0 Å². The molecule has 0 aromatic heterocycles. The number of nitrogens with zero attached hydrogens (tertiary/aromatic N) is 1. The van der Waals surface area contributed by atoms with Crippen molar-refractivity contribution in [2.24, 2.45) is 0 Å². The molecule has 0 aliphatic rings. The highest BCUT2D eigenvalue weighted by Gasteiger charge is 2.04. The summed E-state index contributed by atoms with van der Waals surface area (Å²) in [5.41, 5.74) is 4.99. The van der Waals surface area contributed by atoms with Crippen LogP contribution in [0, 0.1) is 10.1 Å². The Balaban J connectivity index is 1.74. The van der Waals surface area contributed by atoms with Crippen LogP contribution < -0.4 is 15.6 Å². The largest absolute Gasteiger partial charge is 0.484 e. The summed E-state index contributed by atoms with van der Waals surface area (Å²) in [6, 6.07) is 14.5. The van der Waals surface area contributed by atoms with Crippen LogP contribution in [0.1, 0.15) is 5.56 Å². The van der Waals surface area contributed by atoms with Gasteiger partial charge in [0, 0.05) is 18.2 Å². The molecule has 0 aliphatic carbocycles. The van der Waals surface area contributed by atoms with Crippen molar-refractivity contribution in [2.75, 3.05) is 6.61 Å². The van der Waals surface area contributed by atoms with Gasteiger partial charge in [-0.25, -0.2) is 0 Å². The molecular weight excluding hydrogens is 326 g/mol. The summed E-state index contributed by atoms with van der Waals surface area (Å²) in [7, 11) is 0. The van der Waals surface area contributed by atoms with Crippen LogP contribution in [0.25, 0.3) is 6.08 Å². The number of carbonyl (C=O) groups excluding carboxylic acids is 2. The van der Waals surface area contributed by atoms with Gasteiger partial charge >= 0.3 is 0 Å². The first-order valence-corrected chi connectivity index (χ1v) is 7.24. The van der Waals surface area contributed by atoms with Gasteiger partial charge in [-0.05, 0) is 35.9 Å². The molecule has 0 bridgehead atoms. The summed E-state index contributed by atoms with van der Waals surface area (Å²) in [5, 5.41) is 10.5. The van der Waals surface area contributed by atoms with Gasteiger partial charge in [0.05, 0.1) is 4.92 Å². The van der Waals surface area contributed by atoms with Crippen LogP contribution in [-0.4, -0.2) is 23.3 Å². The number of ether oxygens (including phenoxy) is 1. The van der Waals surface area contributed by atoms with E-state index in [0.717, 1.165) is 0 Å². The fraction of sp³-hybridized carbons (Fsp3) is 0.0588. The van der Waals surface area contributed by atoms with E-state index >= 15 is 0 Å². The van der Waals surface area contributed by atoms with E-state index in [1.165, 1.54) is 36.4 Å². The molecule has 2 aromatic carbocycles. The summed E-state index contributed by atoms with van der Waals surface area (Å²) in [6.45, 7) is -0.240. The number of hydrazine groups is 1. The first-order valence-electron chi connectivity index (χ1n) is 7.24. The Morgan fingerprint density at radius 3 is 2.36 bits per heavy atom. The molecule has 2 N–H and O–H groups in total. The first-order chi connectivity index (χ1) is 12.0. The smallest absolute Gasteiger partial charge is 0.276 e. The number of benzene rings is 2. The fourth-order valence-corrected chi connectivity index (χ4v) is 1.75. The van der Waals surface area contributed by atoms with E-state index in [0.29, 0.717) is 11.3 Å². The molecule has 2 amide bonds. The van der Waals surface area contributed by atoms with Crippen LogP contribution in [0.4, 0.5) is 5.69 Å². The molecule has 0 saturated heterocycles. The summed E-state index contributed by atoms with van der Waals surface area (Å²) in [4.78, 5) is 33.2. The second kappa shape index (κ2) is 8.82. The third-order valence-corrected chi connectivity index (χ3v) is 2.97. The van der Waals surface area contributed by atoms with Gasteiger partial charge in [-0.15, -0.1) is 0 Å². The predicted octanol–water partition coefficient (Wildman–Crippen LogP) is 1.83. The van der Waals surface area contributed by atoms with E-state index in [-0.39, 0.29) is 12.3 Å². The third kappa shape index (κ3) is 6.14. The number of non-ortho nitro benzene ring substituents is 1. The van der Waals surface area contributed by atoms with E-state index in [4.69, 9.17) is 4.74 Å². The minimum Gasteiger partial charge on any atom is -0.484 e. The van der Waals surface area contributed by atoms with Crippen LogP contribution in [0.5, 0.6) is 5.75 Å². The van der Waals surface area contributed by atoms with Crippen molar-refractivity contribution in [1.82, 2.24) is 10.9 Å². The Labute approximate surface area is 143 Å². The molecule has 0 spiro atoms. The topological polar surface area (TPSA) is 111 Å². The molecule has 0 radical (unpaired) electrons. The third-order valence-electron chi connectivity index (χ3n) is 2.97. The van der Waals surface area contributed by atoms with Gasteiger partial charge in [0.1, 0.15) is 5.75 Å². The molecule has 0 atom stereocenters. The van der Waals surface area contributed by atoms with Gasteiger partial charge in [-0.3, -0.25) is 30.6 Å². The number of rotatable bonds is 6. The Kier molecular flexibility index (Phi) is 6.24. The number of para-hydroxylation sites is 1. The SMILES string of the molecule is O=C(/C=C/c1ccc([N+](=O)[O-])cc1)NNC(=O)COc1ccccc1. The highest BCUT2D eigenvalue weighted by Crippen LogP contribution is 2.12. The van der Waals surface area contributed by atoms with Crippen molar-refractivity contribution in [3.63, 3.8) is 0 Å². The average molecular weight is 341 g/mol. The maximum absolute atomic E-state index is 11.6. The average Bonchev–Trinajstić information content (AvgIpc) is 2.64. The number of nitrogens with one attached hydrogen (secondary N) is 2. The van der Waals surface area contributed by atoms with E-state index in [1.807, 2.05) is 6.07 Å². The summed E-state index contributed by atoms with van der Waals surface area (Å²) >= 11 is 0. The molecule has 128 valence electrons. The molecular formula is C17H15N3O5. The summed E-state index contributed by atoms with van der Waals surface area (Å²) in [6.07, 6.45) is 2.66. The van der Waals surface area contributed by atoms with Gasteiger partial charge in [0.15, 0.2) is 6.61 Å². The van der Waals surface area contributed by atoms with Crippen LogP contribution >= 0.6 is 0 Å². The van der Waals surface area contributed by atoms with E-state index in [2.05, 4.69) is 10.9 Å². The Morgan fingerprint density at radius 1 is 1.04 bits per heavy atom. The predicted molar refractivity (Wildman–Crippen MR) is 90.4 cm³/mol. The second-order valence-corrected chi connectivity index (χ2v) is 4.82.